The fourth-order valence-corrected chi connectivity index (χ4v) is 2.81. The quantitative estimate of drug-likeness (QED) is 0.531. The molecule has 0 saturated carbocycles. The van der Waals surface area contributed by atoms with E-state index in [0.717, 1.165) is 20.3 Å². The van der Waals surface area contributed by atoms with Gasteiger partial charge in [0.05, 0.1) is 11.0 Å². The number of aromatic nitrogens is 2. The second kappa shape index (κ2) is 5.06. The van der Waals surface area contributed by atoms with E-state index in [1.165, 1.54) is 0 Å². The van der Waals surface area contributed by atoms with E-state index in [0.29, 0.717) is 11.5 Å². The molecule has 0 aliphatic carbocycles. The van der Waals surface area contributed by atoms with Crippen molar-refractivity contribution in [3.05, 3.63) is 51.9 Å². The zero-order chi connectivity index (χ0) is 14.3. The van der Waals surface area contributed by atoms with E-state index in [1.807, 2.05) is 41.0 Å². The molecule has 1 aromatic heterocycles. The Balaban J connectivity index is 2.34. The average molecular weight is 379 g/mol. The third-order valence-electron chi connectivity index (χ3n) is 3.14. The minimum Gasteiger partial charge on any atom is -0.399 e. The molecule has 5 heteroatoms. The molecule has 4 nitrogen and oxygen atoms in total. The van der Waals surface area contributed by atoms with E-state index in [1.54, 1.807) is 6.92 Å². The molecule has 1 unspecified atom stereocenters. The van der Waals surface area contributed by atoms with Crippen LogP contribution >= 0.6 is 22.6 Å². The molecule has 0 saturated heterocycles. The van der Waals surface area contributed by atoms with E-state index in [4.69, 9.17) is 5.73 Å². The molecule has 3 N–H and O–H groups in total. The van der Waals surface area contributed by atoms with Crippen LogP contribution in [-0.4, -0.2) is 14.7 Å². The van der Waals surface area contributed by atoms with Crippen molar-refractivity contribution in [2.24, 2.45) is 0 Å². The number of hydrogen-bond acceptors (Lipinski definition) is 3. The molecule has 1 heterocycles. The summed E-state index contributed by atoms with van der Waals surface area (Å²) < 4.78 is 3.11. The Morgan fingerprint density at radius 3 is 2.75 bits per heavy atom. The van der Waals surface area contributed by atoms with Gasteiger partial charge in [0.15, 0.2) is 0 Å². The SMILES string of the molecule is CC(O)c1nc2cc(N)ccc2n1-c1cccc(I)c1. The second-order valence-electron chi connectivity index (χ2n) is 4.71. The predicted octanol–water partition coefficient (Wildman–Crippen LogP) is 3.27. The number of benzene rings is 2. The lowest BCUT2D eigenvalue weighted by Gasteiger charge is -2.11. The summed E-state index contributed by atoms with van der Waals surface area (Å²) in [6.07, 6.45) is -0.651. The van der Waals surface area contributed by atoms with Gasteiger partial charge in [0, 0.05) is 14.9 Å². The van der Waals surface area contributed by atoms with E-state index in [2.05, 4.69) is 33.6 Å². The van der Waals surface area contributed by atoms with E-state index in [-0.39, 0.29) is 0 Å². The third kappa shape index (κ3) is 2.27. The maximum atomic E-state index is 9.99. The van der Waals surface area contributed by atoms with Crippen molar-refractivity contribution in [1.82, 2.24) is 9.55 Å². The van der Waals surface area contributed by atoms with E-state index in [9.17, 15) is 5.11 Å². The molecule has 0 spiro atoms. The molecule has 102 valence electrons. The smallest absolute Gasteiger partial charge is 0.143 e. The maximum Gasteiger partial charge on any atom is 0.143 e. The van der Waals surface area contributed by atoms with Crippen LogP contribution < -0.4 is 5.73 Å². The highest BCUT2D eigenvalue weighted by Crippen LogP contribution is 2.27. The minimum absolute atomic E-state index is 0.618. The highest BCUT2D eigenvalue weighted by Gasteiger charge is 2.16. The second-order valence-corrected chi connectivity index (χ2v) is 5.96. The number of anilines is 1. The normalized spacial score (nSPS) is 12.8. The van der Waals surface area contributed by atoms with Crippen LogP contribution in [0.1, 0.15) is 18.9 Å². The number of imidazole rings is 1. The van der Waals surface area contributed by atoms with Gasteiger partial charge in [-0.05, 0) is 65.9 Å². The largest absolute Gasteiger partial charge is 0.399 e. The summed E-state index contributed by atoms with van der Waals surface area (Å²) in [6.45, 7) is 1.72. The van der Waals surface area contributed by atoms with Crippen molar-refractivity contribution in [3.63, 3.8) is 0 Å². The molecule has 0 fully saturated rings. The van der Waals surface area contributed by atoms with Crippen molar-refractivity contribution in [3.8, 4) is 5.69 Å². The molecule has 0 radical (unpaired) electrons. The molecule has 0 amide bonds. The lowest BCUT2D eigenvalue weighted by Crippen LogP contribution is -2.04. The zero-order valence-corrected chi connectivity index (χ0v) is 13.1. The number of nitrogens with two attached hydrogens (primary N) is 1. The van der Waals surface area contributed by atoms with Crippen LogP contribution in [0.2, 0.25) is 0 Å². The molecule has 3 aromatic rings. The standard InChI is InChI=1S/C15H14IN3O/c1-9(20)15-18-13-8-11(17)5-6-14(13)19(15)12-4-2-3-10(16)7-12/h2-9,20H,17H2,1H3. The van der Waals surface area contributed by atoms with Crippen molar-refractivity contribution >= 4 is 39.3 Å². The van der Waals surface area contributed by atoms with Gasteiger partial charge in [-0.3, -0.25) is 4.57 Å². The summed E-state index contributed by atoms with van der Waals surface area (Å²) in [5, 5.41) is 9.99. The van der Waals surface area contributed by atoms with E-state index < -0.39 is 6.10 Å². The first-order valence-electron chi connectivity index (χ1n) is 6.28. The van der Waals surface area contributed by atoms with Crippen LogP contribution in [0.15, 0.2) is 42.5 Å². The molecule has 2 aromatic carbocycles. The number of rotatable bonds is 2. The molecular weight excluding hydrogens is 365 g/mol. The Labute approximate surface area is 130 Å². The molecule has 0 aliphatic heterocycles. The molecule has 0 aliphatic rings. The average Bonchev–Trinajstić information content (AvgIpc) is 2.77. The first-order chi connectivity index (χ1) is 9.56. The van der Waals surface area contributed by atoms with Crippen LogP contribution in [-0.2, 0) is 0 Å². The lowest BCUT2D eigenvalue weighted by atomic mass is 10.2. The number of aliphatic hydroxyl groups excluding tert-OH is 1. The Bertz CT molecular complexity index is 780. The summed E-state index contributed by atoms with van der Waals surface area (Å²) in [6, 6.07) is 13.7. The van der Waals surface area contributed by atoms with Crippen LogP contribution in [0.4, 0.5) is 5.69 Å². The van der Waals surface area contributed by atoms with Crippen molar-refractivity contribution in [2.45, 2.75) is 13.0 Å². The van der Waals surface area contributed by atoms with Crippen molar-refractivity contribution in [1.29, 1.82) is 0 Å². The first-order valence-corrected chi connectivity index (χ1v) is 7.36. The van der Waals surface area contributed by atoms with Crippen molar-refractivity contribution < 1.29 is 5.11 Å². The van der Waals surface area contributed by atoms with Crippen molar-refractivity contribution in [2.75, 3.05) is 5.73 Å². The number of aliphatic hydroxyl groups is 1. The first kappa shape index (κ1) is 13.4. The Morgan fingerprint density at radius 2 is 2.05 bits per heavy atom. The summed E-state index contributed by atoms with van der Waals surface area (Å²) >= 11 is 2.27. The zero-order valence-electron chi connectivity index (χ0n) is 10.9. The van der Waals surface area contributed by atoms with Gasteiger partial charge in [-0.15, -0.1) is 0 Å². The lowest BCUT2D eigenvalue weighted by molar-refractivity contribution is 0.187. The molecule has 0 bridgehead atoms. The fourth-order valence-electron chi connectivity index (χ4n) is 2.28. The Kier molecular flexibility index (Phi) is 3.39. The summed E-state index contributed by atoms with van der Waals surface area (Å²) in [7, 11) is 0. The Morgan fingerprint density at radius 1 is 1.25 bits per heavy atom. The number of halogens is 1. The highest BCUT2D eigenvalue weighted by atomic mass is 127. The monoisotopic (exact) mass is 379 g/mol. The highest BCUT2D eigenvalue weighted by molar-refractivity contribution is 14.1. The summed E-state index contributed by atoms with van der Waals surface area (Å²) in [5.74, 6) is 0.618. The van der Waals surface area contributed by atoms with Gasteiger partial charge < -0.3 is 10.8 Å². The molecular formula is C15H14IN3O. The number of fused-ring (bicyclic) bond motifs is 1. The molecule has 20 heavy (non-hydrogen) atoms. The van der Waals surface area contributed by atoms with Gasteiger partial charge >= 0.3 is 0 Å². The number of hydrogen-bond donors (Lipinski definition) is 2. The Hall–Kier alpha value is -1.60. The number of nitrogen functional groups attached to an aromatic ring is 1. The molecule has 1 atom stereocenters. The van der Waals surface area contributed by atoms with Gasteiger partial charge in [-0.25, -0.2) is 4.98 Å². The summed E-state index contributed by atoms with van der Waals surface area (Å²) in [5.41, 5.74) is 9.20. The summed E-state index contributed by atoms with van der Waals surface area (Å²) in [4.78, 5) is 4.51. The topological polar surface area (TPSA) is 64.1 Å². The van der Waals surface area contributed by atoms with Crippen LogP contribution in [0.25, 0.3) is 16.7 Å². The van der Waals surface area contributed by atoms with Crippen LogP contribution in [0.5, 0.6) is 0 Å². The maximum absolute atomic E-state index is 9.99. The predicted molar refractivity (Wildman–Crippen MR) is 88.8 cm³/mol. The van der Waals surface area contributed by atoms with Crippen LogP contribution in [0.3, 0.4) is 0 Å². The minimum atomic E-state index is -0.651. The van der Waals surface area contributed by atoms with Gasteiger partial charge in [-0.2, -0.15) is 0 Å². The van der Waals surface area contributed by atoms with E-state index >= 15 is 0 Å². The fraction of sp³-hybridized carbons (Fsp3) is 0.133. The van der Waals surface area contributed by atoms with Gasteiger partial charge in [0.2, 0.25) is 0 Å². The molecule has 3 rings (SSSR count). The van der Waals surface area contributed by atoms with Gasteiger partial charge in [-0.1, -0.05) is 6.07 Å². The number of nitrogens with zero attached hydrogens (tertiary/aromatic N) is 2. The van der Waals surface area contributed by atoms with Crippen LogP contribution in [0, 0.1) is 3.57 Å². The van der Waals surface area contributed by atoms with Gasteiger partial charge in [0.1, 0.15) is 11.9 Å². The van der Waals surface area contributed by atoms with Gasteiger partial charge in [0.25, 0.3) is 0 Å². The third-order valence-corrected chi connectivity index (χ3v) is 3.82.